The van der Waals surface area contributed by atoms with Crippen LogP contribution >= 0.6 is 0 Å². The third-order valence-corrected chi connectivity index (χ3v) is 2.48. The van der Waals surface area contributed by atoms with Crippen molar-refractivity contribution in [2.45, 2.75) is 19.3 Å². The molecule has 4 heteroatoms. The van der Waals surface area contributed by atoms with Gasteiger partial charge in [-0.1, -0.05) is 0 Å². The summed E-state index contributed by atoms with van der Waals surface area (Å²) >= 11 is 0. The summed E-state index contributed by atoms with van der Waals surface area (Å²) in [4.78, 5) is 0. The van der Waals surface area contributed by atoms with E-state index in [0.29, 0.717) is 11.3 Å². The Morgan fingerprint density at radius 1 is 1.35 bits per heavy atom. The number of benzene rings is 1. The summed E-state index contributed by atoms with van der Waals surface area (Å²) in [7, 11) is 1.59. The van der Waals surface area contributed by atoms with Gasteiger partial charge < -0.3 is 15.2 Å². The minimum Gasteiger partial charge on any atom is -0.495 e. The highest BCUT2D eigenvalue weighted by atomic mass is 16.5. The van der Waals surface area contributed by atoms with Gasteiger partial charge in [-0.3, -0.25) is 0 Å². The first-order valence-corrected chi connectivity index (χ1v) is 5.74. The summed E-state index contributed by atoms with van der Waals surface area (Å²) in [5.74, 6) is 0.686. The van der Waals surface area contributed by atoms with Gasteiger partial charge >= 0.3 is 0 Å². The van der Waals surface area contributed by atoms with E-state index in [4.69, 9.17) is 15.1 Å². The molecule has 0 bridgehead atoms. The summed E-state index contributed by atoms with van der Waals surface area (Å²) in [5.41, 5.74) is 1.49. The number of ether oxygens (including phenoxy) is 1. The van der Waals surface area contributed by atoms with E-state index in [1.165, 1.54) is 0 Å². The first-order valence-electron chi connectivity index (χ1n) is 5.74. The minimum absolute atomic E-state index is 0.250. The van der Waals surface area contributed by atoms with E-state index in [-0.39, 0.29) is 6.61 Å². The predicted molar refractivity (Wildman–Crippen MR) is 67.1 cm³/mol. The van der Waals surface area contributed by atoms with Crippen LogP contribution in [-0.4, -0.2) is 25.4 Å². The number of nitriles is 1. The SMILES string of the molecule is COc1cc(C#N)ccc1NCCCCCO. The molecule has 0 radical (unpaired) electrons. The van der Waals surface area contributed by atoms with E-state index >= 15 is 0 Å². The molecule has 0 saturated heterocycles. The van der Waals surface area contributed by atoms with E-state index in [1.54, 1.807) is 19.2 Å². The molecule has 4 nitrogen and oxygen atoms in total. The predicted octanol–water partition coefficient (Wildman–Crippen LogP) is 2.14. The van der Waals surface area contributed by atoms with Crippen LogP contribution in [0.1, 0.15) is 24.8 Å². The molecule has 0 aliphatic carbocycles. The number of rotatable bonds is 7. The highest BCUT2D eigenvalue weighted by Crippen LogP contribution is 2.25. The van der Waals surface area contributed by atoms with E-state index in [1.807, 2.05) is 6.07 Å². The number of nitrogens with zero attached hydrogens (tertiary/aromatic N) is 1. The van der Waals surface area contributed by atoms with Crippen LogP contribution < -0.4 is 10.1 Å². The van der Waals surface area contributed by atoms with E-state index in [2.05, 4.69) is 11.4 Å². The molecular formula is C13H18N2O2. The molecular weight excluding hydrogens is 216 g/mol. The number of nitrogens with one attached hydrogen (secondary N) is 1. The fraction of sp³-hybridized carbons (Fsp3) is 0.462. The highest BCUT2D eigenvalue weighted by molar-refractivity contribution is 5.59. The Labute approximate surface area is 102 Å². The number of aliphatic hydroxyl groups is 1. The summed E-state index contributed by atoms with van der Waals surface area (Å²) in [5, 5.41) is 20.7. The van der Waals surface area contributed by atoms with Gasteiger partial charge in [-0.25, -0.2) is 0 Å². The molecule has 0 aliphatic heterocycles. The molecule has 0 aliphatic rings. The molecule has 0 aromatic heterocycles. The summed E-state index contributed by atoms with van der Waals surface area (Å²) in [6, 6.07) is 7.41. The van der Waals surface area contributed by atoms with E-state index in [9.17, 15) is 0 Å². The van der Waals surface area contributed by atoms with Gasteiger partial charge in [-0.05, 0) is 31.4 Å². The summed E-state index contributed by atoms with van der Waals surface area (Å²) in [6.07, 6.45) is 2.85. The maximum atomic E-state index is 8.77. The van der Waals surface area contributed by atoms with Gasteiger partial charge in [-0.2, -0.15) is 5.26 Å². The molecule has 0 heterocycles. The fourth-order valence-corrected chi connectivity index (χ4v) is 1.54. The van der Waals surface area contributed by atoms with Crippen LogP contribution in [0.5, 0.6) is 5.75 Å². The second kappa shape index (κ2) is 7.53. The normalized spacial score (nSPS) is 9.71. The first kappa shape index (κ1) is 13.3. The van der Waals surface area contributed by atoms with Gasteiger partial charge in [0.05, 0.1) is 24.4 Å². The molecule has 0 amide bonds. The van der Waals surface area contributed by atoms with Crippen molar-refractivity contribution < 1.29 is 9.84 Å². The average Bonchev–Trinajstić information content (AvgIpc) is 2.38. The van der Waals surface area contributed by atoms with Crippen molar-refractivity contribution in [1.82, 2.24) is 0 Å². The minimum atomic E-state index is 0.250. The summed E-state index contributed by atoms with van der Waals surface area (Å²) < 4.78 is 5.21. The van der Waals surface area contributed by atoms with Crippen LogP contribution in [0, 0.1) is 11.3 Å². The van der Waals surface area contributed by atoms with Crippen molar-refractivity contribution in [2.24, 2.45) is 0 Å². The third-order valence-electron chi connectivity index (χ3n) is 2.48. The molecule has 0 atom stereocenters. The lowest BCUT2D eigenvalue weighted by atomic mass is 10.2. The second-order valence-corrected chi connectivity index (χ2v) is 3.74. The number of aliphatic hydroxyl groups excluding tert-OH is 1. The highest BCUT2D eigenvalue weighted by Gasteiger charge is 2.03. The number of hydrogen-bond acceptors (Lipinski definition) is 4. The van der Waals surface area contributed by atoms with Crippen molar-refractivity contribution in [3.63, 3.8) is 0 Å². The molecule has 17 heavy (non-hydrogen) atoms. The lowest BCUT2D eigenvalue weighted by molar-refractivity contribution is 0.283. The van der Waals surface area contributed by atoms with Gasteiger partial charge in [0.2, 0.25) is 0 Å². The Kier molecular flexibility index (Phi) is 5.91. The standard InChI is InChI=1S/C13H18N2O2/c1-17-13-9-11(10-14)5-6-12(13)15-7-3-2-4-8-16/h5-6,9,15-16H,2-4,7-8H2,1H3. The van der Waals surface area contributed by atoms with Gasteiger partial charge in [0.25, 0.3) is 0 Å². The second-order valence-electron chi connectivity index (χ2n) is 3.74. The van der Waals surface area contributed by atoms with Crippen molar-refractivity contribution in [3.8, 4) is 11.8 Å². The Balaban J connectivity index is 2.50. The smallest absolute Gasteiger partial charge is 0.143 e. The topological polar surface area (TPSA) is 65.3 Å². The van der Waals surface area contributed by atoms with Crippen molar-refractivity contribution in [1.29, 1.82) is 5.26 Å². The maximum absolute atomic E-state index is 8.77. The van der Waals surface area contributed by atoms with Gasteiger partial charge in [0.15, 0.2) is 0 Å². The fourth-order valence-electron chi connectivity index (χ4n) is 1.54. The van der Waals surface area contributed by atoms with Crippen LogP contribution in [0.4, 0.5) is 5.69 Å². The summed E-state index contributed by atoms with van der Waals surface area (Å²) in [6.45, 7) is 1.09. The monoisotopic (exact) mass is 234 g/mol. The molecule has 0 fully saturated rings. The van der Waals surface area contributed by atoms with Crippen LogP contribution in [0.25, 0.3) is 0 Å². The zero-order valence-electron chi connectivity index (χ0n) is 10.1. The van der Waals surface area contributed by atoms with E-state index in [0.717, 1.165) is 31.5 Å². The molecule has 0 saturated carbocycles. The van der Waals surface area contributed by atoms with Crippen molar-refractivity contribution in [2.75, 3.05) is 25.6 Å². The van der Waals surface area contributed by atoms with Crippen LogP contribution in [-0.2, 0) is 0 Å². The quantitative estimate of drug-likeness (QED) is 0.709. The molecule has 1 aromatic rings. The van der Waals surface area contributed by atoms with Crippen LogP contribution in [0.2, 0.25) is 0 Å². The van der Waals surface area contributed by atoms with Gasteiger partial charge in [0.1, 0.15) is 5.75 Å². The third kappa shape index (κ3) is 4.33. The molecule has 0 unspecified atom stereocenters. The number of unbranched alkanes of at least 4 members (excludes halogenated alkanes) is 2. The zero-order valence-corrected chi connectivity index (χ0v) is 10.1. The average molecular weight is 234 g/mol. The van der Waals surface area contributed by atoms with Gasteiger partial charge in [0, 0.05) is 19.2 Å². The number of methoxy groups -OCH3 is 1. The van der Waals surface area contributed by atoms with Crippen molar-refractivity contribution >= 4 is 5.69 Å². The van der Waals surface area contributed by atoms with Crippen LogP contribution in [0.3, 0.4) is 0 Å². The Morgan fingerprint density at radius 2 is 2.18 bits per heavy atom. The molecule has 1 rings (SSSR count). The van der Waals surface area contributed by atoms with Crippen LogP contribution in [0.15, 0.2) is 18.2 Å². The van der Waals surface area contributed by atoms with Crippen molar-refractivity contribution in [3.05, 3.63) is 23.8 Å². The first-order chi connectivity index (χ1) is 8.31. The lowest BCUT2D eigenvalue weighted by Crippen LogP contribution is -2.03. The maximum Gasteiger partial charge on any atom is 0.143 e. The molecule has 1 aromatic carbocycles. The Hall–Kier alpha value is -1.73. The molecule has 2 N–H and O–H groups in total. The molecule has 0 spiro atoms. The Morgan fingerprint density at radius 3 is 2.82 bits per heavy atom. The van der Waals surface area contributed by atoms with E-state index < -0.39 is 0 Å². The van der Waals surface area contributed by atoms with Gasteiger partial charge in [-0.15, -0.1) is 0 Å². The Bertz CT molecular complexity index is 385. The largest absolute Gasteiger partial charge is 0.495 e. The number of hydrogen-bond donors (Lipinski definition) is 2. The molecule has 92 valence electrons. The number of anilines is 1. The zero-order chi connectivity index (χ0) is 12.5. The lowest BCUT2D eigenvalue weighted by Gasteiger charge is -2.11.